The van der Waals surface area contributed by atoms with Crippen LogP contribution in [-0.2, 0) is 13.0 Å². The fourth-order valence-electron chi connectivity index (χ4n) is 2.62. The maximum absolute atomic E-state index is 12.3. The van der Waals surface area contributed by atoms with Crippen molar-refractivity contribution in [2.24, 2.45) is 0 Å². The van der Waals surface area contributed by atoms with Gasteiger partial charge >= 0.3 is 6.03 Å². The smallest absolute Gasteiger partial charge is 0.317 e. The van der Waals surface area contributed by atoms with Crippen molar-refractivity contribution in [3.63, 3.8) is 0 Å². The van der Waals surface area contributed by atoms with Crippen molar-refractivity contribution in [3.8, 4) is 5.75 Å². The Labute approximate surface area is 150 Å². The van der Waals surface area contributed by atoms with Gasteiger partial charge in [0.2, 0.25) is 0 Å². The number of nitrogens with one attached hydrogen (secondary N) is 1. The lowest BCUT2D eigenvalue weighted by molar-refractivity contribution is 0.203. The maximum atomic E-state index is 12.3. The first-order valence-electron chi connectivity index (χ1n) is 8.85. The minimum atomic E-state index is -0.0468. The maximum Gasteiger partial charge on any atom is 0.317 e. The summed E-state index contributed by atoms with van der Waals surface area (Å²) in [6.45, 7) is 5.24. The standard InChI is InChI=1S/C21H28N2O2/c1-4-25-20-14-12-19(13-15-20)16-23(3)21(24)22-17(2)10-11-18-8-6-5-7-9-18/h5-9,12-15,17H,4,10-11,16H2,1-3H3,(H,22,24). The number of nitrogens with zero attached hydrogens (tertiary/aromatic N) is 1. The number of rotatable bonds is 8. The van der Waals surface area contributed by atoms with Gasteiger partial charge in [0.25, 0.3) is 0 Å². The minimum absolute atomic E-state index is 0.0468. The van der Waals surface area contributed by atoms with E-state index in [2.05, 4.69) is 17.4 Å². The molecule has 0 radical (unpaired) electrons. The number of amides is 2. The van der Waals surface area contributed by atoms with Gasteiger partial charge in [-0.1, -0.05) is 42.5 Å². The van der Waals surface area contributed by atoms with Crippen LogP contribution >= 0.6 is 0 Å². The number of hydrogen-bond donors (Lipinski definition) is 1. The van der Waals surface area contributed by atoms with Gasteiger partial charge in [-0.2, -0.15) is 0 Å². The lowest BCUT2D eigenvalue weighted by atomic mass is 10.1. The van der Waals surface area contributed by atoms with Crippen molar-refractivity contribution in [3.05, 3.63) is 65.7 Å². The molecule has 2 aromatic carbocycles. The monoisotopic (exact) mass is 340 g/mol. The summed E-state index contributed by atoms with van der Waals surface area (Å²) in [6, 6.07) is 18.3. The molecule has 0 fully saturated rings. The number of urea groups is 1. The van der Waals surface area contributed by atoms with Crippen LogP contribution in [0.5, 0.6) is 5.75 Å². The first kappa shape index (κ1) is 18.8. The molecule has 1 N–H and O–H groups in total. The van der Waals surface area contributed by atoms with Crippen LogP contribution in [0, 0.1) is 0 Å². The summed E-state index contributed by atoms with van der Waals surface area (Å²) in [6.07, 6.45) is 1.89. The van der Waals surface area contributed by atoms with E-state index in [1.165, 1.54) is 5.56 Å². The van der Waals surface area contributed by atoms with Crippen LogP contribution in [0.15, 0.2) is 54.6 Å². The highest BCUT2D eigenvalue weighted by Crippen LogP contribution is 2.13. The van der Waals surface area contributed by atoms with Gasteiger partial charge in [0.15, 0.2) is 0 Å². The molecule has 2 amide bonds. The van der Waals surface area contributed by atoms with Crippen LogP contribution in [0.25, 0.3) is 0 Å². The number of carbonyl (C=O) groups is 1. The molecule has 0 saturated carbocycles. The van der Waals surface area contributed by atoms with Crippen molar-refractivity contribution >= 4 is 6.03 Å². The van der Waals surface area contributed by atoms with Gasteiger partial charge in [-0.25, -0.2) is 4.79 Å². The summed E-state index contributed by atoms with van der Waals surface area (Å²) in [4.78, 5) is 14.0. The summed E-state index contributed by atoms with van der Waals surface area (Å²) >= 11 is 0. The van der Waals surface area contributed by atoms with Gasteiger partial charge in [-0.05, 0) is 49.9 Å². The molecule has 1 atom stereocenters. The molecule has 0 saturated heterocycles. The Morgan fingerprint density at radius 1 is 1.08 bits per heavy atom. The number of benzene rings is 2. The molecule has 0 aromatic heterocycles. The summed E-state index contributed by atoms with van der Waals surface area (Å²) in [5, 5.41) is 3.06. The van der Waals surface area contributed by atoms with E-state index in [1.54, 1.807) is 4.90 Å². The zero-order chi connectivity index (χ0) is 18.1. The molecule has 0 aliphatic carbocycles. The topological polar surface area (TPSA) is 41.6 Å². The molecule has 4 nitrogen and oxygen atoms in total. The van der Waals surface area contributed by atoms with E-state index in [9.17, 15) is 4.79 Å². The second kappa shape index (κ2) is 9.72. The van der Waals surface area contributed by atoms with Gasteiger partial charge in [-0.15, -0.1) is 0 Å². The fraction of sp³-hybridized carbons (Fsp3) is 0.381. The highest BCUT2D eigenvalue weighted by Gasteiger charge is 2.12. The summed E-state index contributed by atoms with van der Waals surface area (Å²) in [5.74, 6) is 0.855. The van der Waals surface area contributed by atoms with Crippen LogP contribution in [0.3, 0.4) is 0 Å². The van der Waals surface area contributed by atoms with E-state index in [0.29, 0.717) is 13.2 Å². The van der Waals surface area contributed by atoms with Gasteiger partial charge in [-0.3, -0.25) is 0 Å². The molecule has 0 spiro atoms. The van der Waals surface area contributed by atoms with E-state index in [0.717, 1.165) is 24.2 Å². The van der Waals surface area contributed by atoms with E-state index in [1.807, 2.05) is 63.4 Å². The largest absolute Gasteiger partial charge is 0.494 e. The molecule has 0 bridgehead atoms. The van der Waals surface area contributed by atoms with Gasteiger partial charge in [0.05, 0.1) is 6.61 Å². The third kappa shape index (κ3) is 6.49. The highest BCUT2D eigenvalue weighted by atomic mass is 16.5. The van der Waals surface area contributed by atoms with Gasteiger partial charge in [0, 0.05) is 19.6 Å². The number of aryl methyl sites for hydroxylation is 1. The Balaban J connectivity index is 1.77. The Morgan fingerprint density at radius 3 is 2.40 bits per heavy atom. The molecular formula is C21H28N2O2. The highest BCUT2D eigenvalue weighted by molar-refractivity contribution is 5.74. The number of hydrogen-bond acceptors (Lipinski definition) is 2. The lowest BCUT2D eigenvalue weighted by Crippen LogP contribution is -2.41. The first-order valence-corrected chi connectivity index (χ1v) is 8.85. The fourth-order valence-corrected chi connectivity index (χ4v) is 2.62. The summed E-state index contributed by atoms with van der Waals surface area (Å²) in [5.41, 5.74) is 2.38. The minimum Gasteiger partial charge on any atom is -0.494 e. The van der Waals surface area contributed by atoms with Crippen LogP contribution in [-0.4, -0.2) is 30.6 Å². The normalized spacial score (nSPS) is 11.6. The predicted octanol–water partition coefficient (Wildman–Crippen LogP) is 4.25. The third-order valence-corrected chi connectivity index (χ3v) is 4.08. The Morgan fingerprint density at radius 2 is 1.76 bits per heavy atom. The lowest BCUT2D eigenvalue weighted by Gasteiger charge is -2.21. The van der Waals surface area contributed by atoms with Crippen LogP contribution in [0.4, 0.5) is 4.79 Å². The average Bonchev–Trinajstić information content (AvgIpc) is 2.62. The SMILES string of the molecule is CCOc1ccc(CN(C)C(=O)NC(C)CCc2ccccc2)cc1. The molecule has 134 valence electrons. The Hall–Kier alpha value is -2.49. The van der Waals surface area contributed by atoms with Gasteiger partial charge < -0.3 is 15.0 Å². The van der Waals surface area contributed by atoms with Crippen LogP contribution in [0.2, 0.25) is 0 Å². The average molecular weight is 340 g/mol. The summed E-state index contributed by atoms with van der Waals surface area (Å²) < 4.78 is 5.44. The van der Waals surface area contributed by atoms with Crippen molar-refractivity contribution in [2.75, 3.05) is 13.7 Å². The van der Waals surface area contributed by atoms with Crippen molar-refractivity contribution in [1.82, 2.24) is 10.2 Å². The second-order valence-corrected chi connectivity index (χ2v) is 6.31. The Bertz CT molecular complexity index is 641. The van der Waals surface area contributed by atoms with E-state index >= 15 is 0 Å². The number of ether oxygens (including phenoxy) is 1. The predicted molar refractivity (Wildman–Crippen MR) is 102 cm³/mol. The zero-order valence-electron chi connectivity index (χ0n) is 15.4. The molecule has 25 heavy (non-hydrogen) atoms. The molecule has 1 unspecified atom stereocenters. The summed E-state index contributed by atoms with van der Waals surface area (Å²) in [7, 11) is 1.82. The first-order chi connectivity index (χ1) is 12.1. The second-order valence-electron chi connectivity index (χ2n) is 6.31. The van der Waals surface area contributed by atoms with E-state index in [4.69, 9.17) is 4.74 Å². The van der Waals surface area contributed by atoms with Crippen molar-refractivity contribution in [2.45, 2.75) is 39.3 Å². The van der Waals surface area contributed by atoms with E-state index in [-0.39, 0.29) is 12.1 Å². The molecule has 0 aliphatic rings. The quantitative estimate of drug-likeness (QED) is 0.780. The molecule has 2 rings (SSSR count). The molecule has 0 heterocycles. The van der Waals surface area contributed by atoms with Crippen molar-refractivity contribution < 1.29 is 9.53 Å². The van der Waals surface area contributed by atoms with Gasteiger partial charge in [0.1, 0.15) is 5.75 Å². The molecule has 4 heteroatoms. The van der Waals surface area contributed by atoms with Crippen LogP contribution < -0.4 is 10.1 Å². The molecule has 0 aliphatic heterocycles. The molecule has 2 aromatic rings. The molecular weight excluding hydrogens is 312 g/mol. The zero-order valence-corrected chi connectivity index (χ0v) is 15.4. The number of carbonyl (C=O) groups excluding carboxylic acids is 1. The Kier molecular flexibility index (Phi) is 7.33. The third-order valence-electron chi connectivity index (χ3n) is 4.08. The van der Waals surface area contributed by atoms with Crippen LogP contribution in [0.1, 0.15) is 31.4 Å². The van der Waals surface area contributed by atoms with Crippen molar-refractivity contribution in [1.29, 1.82) is 0 Å². The van der Waals surface area contributed by atoms with E-state index < -0.39 is 0 Å².